The molecule has 0 radical (unpaired) electrons. The Morgan fingerprint density at radius 1 is 0.939 bits per heavy atom. The molecule has 2 aliphatic rings. The standard InChI is InChI=1S/C28H35IN2OSi/c1-19(2)27-30-25(29)18-31(27)26-23-16-20(17-24(23)26)32-33(28(3,4)5,21-12-8-6-9-13-21)22-14-10-7-11-15-22/h6-15,18-20,23-24,26H,16-17H2,1-5H3/t20?,23-,24+,26-. The monoisotopic (exact) mass is 570 g/mol. The second kappa shape index (κ2) is 8.65. The number of rotatable bonds is 6. The van der Waals surface area contributed by atoms with Crippen molar-refractivity contribution in [2.45, 2.75) is 70.6 Å². The Bertz CT molecular complexity index is 1050. The van der Waals surface area contributed by atoms with Gasteiger partial charge in [-0.2, -0.15) is 0 Å². The van der Waals surface area contributed by atoms with E-state index in [1.807, 2.05) is 0 Å². The van der Waals surface area contributed by atoms with Crippen molar-refractivity contribution >= 4 is 41.3 Å². The Kier molecular flexibility index (Phi) is 6.11. The Hall–Kier alpha value is -1.44. The van der Waals surface area contributed by atoms with Crippen LogP contribution in [-0.2, 0) is 4.43 Å². The molecule has 0 aliphatic heterocycles. The fraction of sp³-hybridized carbons (Fsp3) is 0.464. The molecule has 2 aliphatic carbocycles. The first kappa shape index (κ1) is 23.3. The summed E-state index contributed by atoms with van der Waals surface area (Å²) in [5.74, 6) is 3.13. The Balaban J connectivity index is 1.44. The maximum atomic E-state index is 7.42. The van der Waals surface area contributed by atoms with Crippen molar-refractivity contribution in [1.29, 1.82) is 0 Å². The van der Waals surface area contributed by atoms with Gasteiger partial charge >= 0.3 is 0 Å². The molecule has 3 aromatic rings. The van der Waals surface area contributed by atoms with Gasteiger partial charge < -0.3 is 8.99 Å². The Morgan fingerprint density at radius 2 is 1.45 bits per heavy atom. The van der Waals surface area contributed by atoms with Gasteiger partial charge in [0.2, 0.25) is 0 Å². The number of fused-ring (bicyclic) bond motifs is 1. The fourth-order valence-corrected chi connectivity index (χ4v) is 11.5. The average Bonchev–Trinajstić information content (AvgIpc) is 3.09. The topological polar surface area (TPSA) is 27.1 Å². The quantitative estimate of drug-likeness (QED) is 0.263. The van der Waals surface area contributed by atoms with Crippen LogP contribution >= 0.6 is 22.6 Å². The first-order valence-electron chi connectivity index (χ1n) is 12.3. The predicted molar refractivity (Wildman–Crippen MR) is 147 cm³/mol. The summed E-state index contributed by atoms with van der Waals surface area (Å²) < 4.78 is 11.0. The first-order chi connectivity index (χ1) is 15.7. The van der Waals surface area contributed by atoms with Gasteiger partial charge in [0.1, 0.15) is 9.53 Å². The van der Waals surface area contributed by atoms with Crippen molar-refractivity contribution in [2.24, 2.45) is 11.8 Å². The van der Waals surface area contributed by atoms with Gasteiger partial charge in [0.15, 0.2) is 0 Å². The van der Waals surface area contributed by atoms with Gasteiger partial charge in [-0.3, -0.25) is 0 Å². The van der Waals surface area contributed by atoms with E-state index < -0.39 is 8.32 Å². The molecule has 0 amide bonds. The lowest BCUT2D eigenvalue weighted by molar-refractivity contribution is 0.173. The van der Waals surface area contributed by atoms with Crippen molar-refractivity contribution in [2.75, 3.05) is 0 Å². The molecule has 3 nitrogen and oxygen atoms in total. The summed E-state index contributed by atoms with van der Waals surface area (Å²) in [6.45, 7) is 11.6. The molecule has 174 valence electrons. The van der Waals surface area contributed by atoms with E-state index in [2.05, 4.69) is 129 Å². The van der Waals surface area contributed by atoms with Gasteiger partial charge in [0.05, 0.1) is 0 Å². The van der Waals surface area contributed by atoms with E-state index in [1.165, 1.54) is 16.2 Å². The molecule has 2 saturated carbocycles. The van der Waals surface area contributed by atoms with Gasteiger partial charge in [-0.1, -0.05) is 95.3 Å². The molecule has 1 unspecified atom stereocenters. The molecule has 0 spiro atoms. The highest BCUT2D eigenvalue weighted by Crippen LogP contribution is 2.62. The summed E-state index contributed by atoms with van der Waals surface area (Å²) in [5, 5.41) is 2.80. The lowest BCUT2D eigenvalue weighted by atomic mass is 10.1. The van der Waals surface area contributed by atoms with Crippen molar-refractivity contribution in [3.05, 3.63) is 76.4 Å². The minimum atomic E-state index is -2.47. The van der Waals surface area contributed by atoms with Crippen molar-refractivity contribution in [3.63, 3.8) is 0 Å². The zero-order valence-electron chi connectivity index (χ0n) is 20.3. The number of halogens is 1. The van der Waals surface area contributed by atoms with Crippen LogP contribution in [0.15, 0.2) is 66.9 Å². The smallest absolute Gasteiger partial charge is 0.261 e. The Labute approximate surface area is 213 Å². The molecule has 2 fully saturated rings. The number of aromatic nitrogens is 2. The highest BCUT2D eigenvalue weighted by Gasteiger charge is 2.60. The summed E-state index contributed by atoms with van der Waals surface area (Å²) in [6.07, 6.45) is 4.91. The second-order valence-electron chi connectivity index (χ2n) is 11.2. The number of hydrogen-bond donors (Lipinski definition) is 0. The summed E-state index contributed by atoms with van der Waals surface area (Å²) in [7, 11) is -2.47. The number of nitrogens with zero attached hydrogens (tertiary/aromatic N) is 2. The number of hydrogen-bond acceptors (Lipinski definition) is 2. The van der Waals surface area contributed by atoms with Crippen molar-refractivity contribution in [1.82, 2.24) is 9.55 Å². The highest BCUT2D eigenvalue weighted by atomic mass is 127. The molecule has 1 aromatic heterocycles. The molecule has 33 heavy (non-hydrogen) atoms. The van der Waals surface area contributed by atoms with Crippen LogP contribution in [0.1, 0.15) is 65.2 Å². The summed E-state index contributed by atoms with van der Waals surface area (Å²) >= 11 is 2.36. The molecule has 5 rings (SSSR count). The molecular formula is C28H35IN2OSi. The molecule has 5 heteroatoms. The zero-order chi connectivity index (χ0) is 23.4. The van der Waals surface area contributed by atoms with Crippen molar-refractivity contribution in [3.8, 4) is 0 Å². The van der Waals surface area contributed by atoms with E-state index in [1.54, 1.807) is 0 Å². The molecule has 0 N–H and O–H groups in total. The van der Waals surface area contributed by atoms with E-state index in [0.717, 1.165) is 28.4 Å². The van der Waals surface area contributed by atoms with Crippen LogP contribution in [0.2, 0.25) is 5.04 Å². The van der Waals surface area contributed by atoms with E-state index in [4.69, 9.17) is 9.41 Å². The fourth-order valence-electron chi connectivity index (χ4n) is 6.25. The predicted octanol–water partition coefficient (Wildman–Crippen LogP) is 6.14. The van der Waals surface area contributed by atoms with Crippen LogP contribution < -0.4 is 10.4 Å². The molecule has 4 atom stereocenters. The summed E-state index contributed by atoms with van der Waals surface area (Å²) in [5.41, 5.74) is 0. The zero-order valence-corrected chi connectivity index (χ0v) is 23.5. The Morgan fingerprint density at radius 3 is 1.91 bits per heavy atom. The van der Waals surface area contributed by atoms with Crippen LogP contribution in [0.3, 0.4) is 0 Å². The molecule has 1 heterocycles. The van der Waals surface area contributed by atoms with E-state index in [-0.39, 0.29) is 5.04 Å². The minimum Gasteiger partial charge on any atom is -0.404 e. The van der Waals surface area contributed by atoms with Crippen LogP contribution in [0.25, 0.3) is 0 Å². The van der Waals surface area contributed by atoms with Crippen LogP contribution in [0.5, 0.6) is 0 Å². The second-order valence-corrected chi connectivity index (χ2v) is 16.5. The summed E-state index contributed by atoms with van der Waals surface area (Å²) in [4.78, 5) is 4.81. The minimum absolute atomic E-state index is 0.0349. The van der Waals surface area contributed by atoms with Gasteiger partial charge in [0, 0.05) is 24.3 Å². The van der Waals surface area contributed by atoms with Crippen LogP contribution in [0, 0.1) is 15.5 Å². The van der Waals surface area contributed by atoms with Crippen LogP contribution in [-0.4, -0.2) is 24.0 Å². The third-order valence-corrected chi connectivity index (χ3v) is 13.3. The normalized spacial score (nSPS) is 24.8. The number of benzene rings is 2. The third-order valence-electron chi connectivity index (χ3n) is 7.69. The SMILES string of the molecule is CC(C)c1nc(I)cn1[C@@H]1[C@@H]2CC(O[Si](c3ccccc3)(c3ccccc3)C(C)(C)C)C[C@@H]21. The number of imidazole rings is 1. The maximum absolute atomic E-state index is 7.42. The van der Waals surface area contributed by atoms with Gasteiger partial charge in [-0.15, -0.1) is 0 Å². The lowest BCUT2D eigenvalue weighted by Gasteiger charge is -2.45. The molecular weight excluding hydrogens is 535 g/mol. The third kappa shape index (κ3) is 4.04. The molecule has 0 saturated heterocycles. The maximum Gasteiger partial charge on any atom is 0.261 e. The van der Waals surface area contributed by atoms with Gasteiger partial charge in [-0.05, 0) is 62.7 Å². The van der Waals surface area contributed by atoms with Gasteiger partial charge in [-0.25, -0.2) is 4.98 Å². The van der Waals surface area contributed by atoms with Crippen LogP contribution in [0.4, 0.5) is 0 Å². The lowest BCUT2D eigenvalue weighted by Crippen LogP contribution is -2.67. The van der Waals surface area contributed by atoms with Gasteiger partial charge in [0.25, 0.3) is 8.32 Å². The molecule has 2 aromatic carbocycles. The van der Waals surface area contributed by atoms with Crippen molar-refractivity contribution < 1.29 is 4.43 Å². The average molecular weight is 571 g/mol. The summed E-state index contributed by atoms with van der Waals surface area (Å²) in [6, 6.07) is 22.7. The van der Waals surface area contributed by atoms with E-state index in [0.29, 0.717) is 18.1 Å². The van der Waals surface area contributed by atoms with E-state index >= 15 is 0 Å². The largest absolute Gasteiger partial charge is 0.404 e. The highest BCUT2D eigenvalue weighted by molar-refractivity contribution is 14.1. The molecule has 0 bridgehead atoms. The first-order valence-corrected chi connectivity index (χ1v) is 15.2. The van der Waals surface area contributed by atoms with E-state index in [9.17, 15) is 0 Å².